The van der Waals surface area contributed by atoms with Crippen molar-refractivity contribution >= 4 is 22.8 Å². The van der Waals surface area contributed by atoms with Gasteiger partial charge in [-0.05, 0) is 38.3 Å². The molecule has 1 amide bonds. The lowest BCUT2D eigenvalue weighted by Crippen LogP contribution is -2.35. The van der Waals surface area contributed by atoms with Gasteiger partial charge in [0.25, 0.3) is 0 Å². The minimum atomic E-state index is 0.279. The van der Waals surface area contributed by atoms with Crippen molar-refractivity contribution in [1.29, 1.82) is 0 Å². The van der Waals surface area contributed by atoms with E-state index >= 15 is 0 Å². The standard InChI is InChI=1S/C25H34N6O/c1-4-6-14-22(32)29-15-10-16-30(18-17-29)24-23-19(3)28-31(20-12-8-7-9-13-20)25(23)27-21(26-24)11-5-2/h7-9,12-13H,4-6,10-11,14-18H2,1-3H3. The number of hydrogen-bond acceptors (Lipinski definition) is 5. The molecule has 1 aliphatic rings. The summed E-state index contributed by atoms with van der Waals surface area (Å²) >= 11 is 0. The quantitative estimate of drug-likeness (QED) is 0.554. The van der Waals surface area contributed by atoms with E-state index in [2.05, 4.69) is 30.9 Å². The summed E-state index contributed by atoms with van der Waals surface area (Å²) in [5, 5.41) is 5.85. The van der Waals surface area contributed by atoms with Crippen LogP contribution in [-0.4, -0.2) is 56.7 Å². The summed E-state index contributed by atoms with van der Waals surface area (Å²) in [6.45, 7) is 9.53. The Labute approximate surface area is 190 Å². The molecule has 0 atom stereocenters. The van der Waals surface area contributed by atoms with Gasteiger partial charge in [-0.2, -0.15) is 5.10 Å². The summed E-state index contributed by atoms with van der Waals surface area (Å²) in [7, 11) is 0. The van der Waals surface area contributed by atoms with E-state index in [9.17, 15) is 4.79 Å². The predicted molar refractivity (Wildman–Crippen MR) is 128 cm³/mol. The lowest BCUT2D eigenvalue weighted by atomic mass is 10.2. The predicted octanol–water partition coefficient (Wildman–Crippen LogP) is 4.31. The van der Waals surface area contributed by atoms with E-state index in [0.29, 0.717) is 6.42 Å². The first-order valence-corrected chi connectivity index (χ1v) is 12.0. The lowest BCUT2D eigenvalue weighted by molar-refractivity contribution is -0.131. The number of carbonyl (C=O) groups is 1. The molecule has 32 heavy (non-hydrogen) atoms. The molecule has 1 aromatic carbocycles. The number of benzene rings is 1. The van der Waals surface area contributed by atoms with Gasteiger partial charge in [0, 0.05) is 39.0 Å². The van der Waals surface area contributed by atoms with E-state index in [4.69, 9.17) is 15.1 Å². The summed E-state index contributed by atoms with van der Waals surface area (Å²) in [5.41, 5.74) is 2.80. The van der Waals surface area contributed by atoms with E-state index in [1.54, 1.807) is 0 Å². The fourth-order valence-electron chi connectivity index (χ4n) is 4.38. The zero-order valence-electron chi connectivity index (χ0n) is 19.5. The van der Waals surface area contributed by atoms with Gasteiger partial charge in [0.15, 0.2) is 5.65 Å². The van der Waals surface area contributed by atoms with E-state index < -0.39 is 0 Å². The maximum absolute atomic E-state index is 12.6. The number of amides is 1. The van der Waals surface area contributed by atoms with Crippen LogP contribution in [0.25, 0.3) is 16.7 Å². The topological polar surface area (TPSA) is 67.2 Å². The van der Waals surface area contributed by atoms with Gasteiger partial charge in [0.1, 0.15) is 11.6 Å². The fraction of sp³-hybridized carbons (Fsp3) is 0.520. The van der Waals surface area contributed by atoms with Gasteiger partial charge < -0.3 is 9.80 Å². The first-order chi connectivity index (χ1) is 15.6. The molecule has 3 aromatic rings. The van der Waals surface area contributed by atoms with E-state index in [1.165, 1.54) is 0 Å². The molecule has 7 nitrogen and oxygen atoms in total. The summed E-state index contributed by atoms with van der Waals surface area (Å²) in [5.74, 6) is 2.09. The zero-order chi connectivity index (χ0) is 22.5. The van der Waals surface area contributed by atoms with Gasteiger partial charge in [-0.1, -0.05) is 38.5 Å². The lowest BCUT2D eigenvalue weighted by Gasteiger charge is -2.24. The SMILES string of the molecule is CCCCC(=O)N1CCCN(c2nc(CCC)nc3c2c(C)nn3-c2ccccc2)CC1. The Balaban J connectivity index is 1.70. The largest absolute Gasteiger partial charge is 0.354 e. The van der Waals surface area contributed by atoms with Crippen LogP contribution in [0, 0.1) is 6.92 Å². The molecule has 4 rings (SSSR count). The van der Waals surface area contributed by atoms with Crippen LogP contribution in [0.2, 0.25) is 0 Å². The number of carbonyl (C=O) groups excluding carboxylic acids is 1. The Kier molecular flexibility index (Phi) is 7.02. The molecular weight excluding hydrogens is 400 g/mol. The Morgan fingerprint density at radius 1 is 1.00 bits per heavy atom. The number of hydrogen-bond donors (Lipinski definition) is 0. The van der Waals surface area contributed by atoms with Gasteiger partial charge >= 0.3 is 0 Å². The summed E-state index contributed by atoms with van der Waals surface area (Å²) in [4.78, 5) is 26.9. The molecule has 0 bridgehead atoms. The second kappa shape index (κ2) is 10.1. The minimum Gasteiger partial charge on any atom is -0.354 e. The number of nitrogens with zero attached hydrogens (tertiary/aromatic N) is 6. The smallest absolute Gasteiger partial charge is 0.222 e. The average Bonchev–Trinajstić information content (AvgIpc) is 2.98. The number of aromatic nitrogens is 4. The molecular formula is C25H34N6O. The zero-order valence-corrected chi connectivity index (χ0v) is 19.5. The highest BCUT2D eigenvalue weighted by molar-refractivity contribution is 5.91. The minimum absolute atomic E-state index is 0.279. The van der Waals surface area contributed by atoms with Crippen LogP contribution < -0.4 is 4.90 Å². The van der Waals surface area contributed by atoms with Crippen molar-refractivity contribution in [3.63, 3.8) is 0 Å². The number of unbranched alkanes of at least 4 members (excludes halogenated alkanes) is 1. The molecule has 3 heterocycles. The molecule has 1 aliphatic heterocycles. The Morgan fingerprint density at radius 3 is 2.56 bits per heavy atom. The van der Waals surface area contributed by atoms with E-state index in [0.717, 1.165) is 92.3 Å². The molecule has 1 fully saturated rings. The normalized spacial score (nSPS) is 14.7. The summed E-state index contributed by atoms with van der Waals surface area (Å²) < 4.78 is 1.94. The van der Waals surface area contributed by atoms with Crippen LogP contribution in [0.3, 0.4) is 0 Å². The average molecular weight is 435 g/mol. The molecule has 0 spiro atoms. The summed E-state index contributed by atoms with van der Waals surface area (Å²) in [6.07, 6.45) is 5.43. The van der Waals surface area contributed by atoms with Crippen LogP contribution >= 0.6 is 0 Å². The van der Waals surface area contributed by atoms with Gasteiger partial charge in [-0.25, -0.2) is 14.6 Å². The monoisotopic (exact) mass is 434 g/mol. The molecule has 2 aromatic heterocycles. The van der Waals surface area contributed by atoms with Gasteiger partial charge in [-0.3, -0.25) is 4.79 Å². The fourth-order valence-corrected chi connectivity index (χ4v) is 4.38. The first-order valence-electron chi connectivity index (χ1n) is 12.0. The van der Waals surface area contributed by atoms with Gasteiger partial charge in [0.2, 0.25) is 5.91 Å². The van der Waals surface area contributed by atoms with E-state index in [1.807, 2.05) is 34.7 Å². The highest BCUT2D eigenvalue weighted by Crippen LogP contribution is 2.30. The third-order valence-electron chi connectivity index (χ3n) is 6.10. The number of para-hydroxylation sites is 1. The van der Waals surface area contributed by atoms with Crippen molar-refractivity contribution < 1.29 is 4.79 Å². The maximum atomic E-state index is 12.6. The Bertz CT molecular complexity index is 1060. The molecule has 0 N–H and O–H groups in total. The van der Waals surface area contributed by atoms with Crippen molar-refractivity contribution in [2.75, 3.05) is 31.1 Å². The van der Waals surface area contributed by atoms with Gasteiger partial charge in [0.05, 0.1) is 16.8 Å². The van der Waals surface area contributed by atoms with Crippen molar-refractivity contribution in [2.45, 2.75) is 59.3 Å². The Hall–Kier alpha value is -2.96. The molecule has 0 saturated carbocycles. The number of aryl methyl sites for hydroxylation is 2. The van der Waals surface area contributed by atoms with Crippen LogP contribution in [-0.2, 0) is 11.2 Å². The highest BCUT2D eigenvalue weighted by atomic mass is 16.2. The molecule has 0 unspecified atom stereocenters. The second-order valence-electron chi connectivity index (χ2n) is 8.57. The van der Waals surface area contributed by atoms with Crippen LogP contribution in [0.5, 0.6) is 0 Å². The third kappa shape index (κ3) is 4.61. The Morgan fingerprint density at radius 2 is 1.81 bits per heavy atom. The molecule has 0 radical (unpaired) electrons. The molecule has 1 saturated heterocycles. The molecule has 7 heteroatoms. The number of rotatable bonds is 7. The van der Waals surface area contributed by atoms with Crippen LogP contribution in [0.1, 0.15) is 57.5 Å². The molecule has 0 aliphatic carbocycles. The summed E-state index contributed by atoms with van der Waals surface area (Å²) in [6, 6.07) is 10.2. The molecule has 170 valence electrons. The van der Waals surface area contributed by atoms with Crippen molar-refractivity contribution in [3.8, 4) is 5.69 Å². The van der Waals surface area contributed by atoms with Crippen molar-refractivity contribution in [2.24, 2.45) is 0 Å². The van der Waals surface area contributed by atoms with Crippen LogP contribution in [0.4, 0.5) is 5.82 Å². The first kappa shape index (κ1) is 22.2. The van der Waals surface area contributed by atoms with Crippen LogP contribution in [0.15, 0.2) is 30.3 Å². The van der Waals surface area contributed by atoms with Gasteiger partial charge in [-0.15, -0.1) is 0 Å². The van der Waals surface area contributed by atoms with Crippen molar-refractivity contribution in [1.82, 2.24) is 24.6 Å². The third-order valence-corrected chi connectivity index (χ3v) is 6.10. The second-order valence-corrected chi connectivity index (χ2v) is 8.57. The van der Waals surface area contributed by atoms with E-state index in [-0.39, 0.29) is 5.91 Å². The number of anilines is 1. The maximum Gasteiger partial charge on any atom is 0.222 e. The highest BCUT2D eigenvalue weighted by Gasteiger charge is 2.24. The van der Waals surface area contributed by atoms with Crippen molar-refractivity contribution in [3.05, 3.63) is 41.9 Å². The number of fused-ring (bicyclic) bond motifs is 1.